The van der Waals surface area contributed by atoms with E-state index in [1.165, 1.54) is 6.42 Å². The Kier molecular flexibility index (Phi) is 4.96. The third-order valence-electron chi connectivity index (χ3n) is 2.69. The zero-order valence-corrected chi connectivity index (χ0v) is 9.07. The third-order valence-corrected chi connectivity index (χ3v) is 2.69. The summed E-state index contributed by atoms with van der Waals surface area (Å²) < 4.78 is 9.61. The van der Waals surface area contributed by atoms with Crippen LogP contribution >= 0.6 is 0 Å². The van der Waals surface area contributed by atoms with Crippen LogP contribution in [0.3, 0.4) is 0 Å². The maximum absolute atomic E-state index is 11.1. The minimum atomic E-state index is -0.727. The first-order chi connectivity index (χ1) is 7.27. The standard InChI is InChI=1S/C11H17NO3/c1-2-14-11(13)15-10(8-12)9-6-4-3-5-7-9/h9-10H,2-7H2,1H3. The second kappa shape index (κ2) is 6.28. The van der Waals surface area contributed by atoms with Gasteiger partial charge in [0.2, 0.25) is 0 Å². The second-order valence-electron chi connectivity index (χ2n) is 3.75. The molecule has 0 aliphatic heterocycles. The Morgan fingerprint density at radius 3 is 2.67 bits per heavy atom. The normalized spacial score (nSPS) is 18.9. The van der Waals surface area contributed by atoms with Crippen molar-refractivity contribution in [2.24, 2.45) is 5.92 Å². The summed E-state index contributed by atoms with van der Waals surface area (Å²) >= 11 is 0. The van der Waals surface area contributed by atoms with Crippen LogP contribution in [0.2, 0.25) is 0 Å². The van der Waals surface area contributed by atoms with E-state index in [4.69, 9.17) is 10.00 Å². The SMILES string of the molecule is CCOC(=O)OC(C#N)C1CCCCC1. The first kappa shape index (κ1) is 11.8. The van der Waals surface area contributed by atoms with E-state index in [9.17, 15) is 4.79 Å². The van der Waals surface area contributed by atoms with Crippen molar-refractivity contribution < 1.29 is 14.3 Å². The van der Waals surface area contributed by atoms with Gasteiger partial charge >= 0.3 is 6.16 Å². The summed E-state index contributed by atoms with van der Waals surface area (Å²) in [4.78, 5) is 11.1. The molecule has 15 heavy (non-hydrogen) atoms. The van der Waals surface area contributed by atoms with Crippen molar-refractivity contribution in [1.29, 1.82) is 5.26 Å². The van der Waals surface area contributed by atoms with E-state index in [0.717, 1.165) is 25.7 Å². The molecule has 4 heteroatoms. The summed E-state index contributed by atoms with van der Waals surface area (Å²) in [6, 6.07) is 2.04. The van der Waals surface area contributed by atoms with Gasteiger partial charge in [-0.15, -0.1) is 0 Å². The van der Waals surface area contributed by atoms with Gasteiger partial charge in [-0.1, -0.05) is 19.3 Å². The van der Waals surface area contributed by atoms with Gasteiger partial charge in [0.05, 0.1) is 6.61 Å². The summed E-state index contributed by atoms with van der Waals surface area (Å²) in [5, 5.41) is 8.91. The lowest BCUT2D eigenvalue weighted by atomic mass is 9.86. The van der Waals surface area contributed by atoms with Crippen LogP contribution in [0.15, 0.2) is 0 Å². The number of nitriles is 1. The van der Waals surface area contributed by atoms with Gasteiger partial charge in [0.25, 0.3) is 0 Å². The van der Waals surface area contributed by atoms with Crippen molar-refractivity contribution >= 4 is 6.16 Å². The Balaban J connectivity index is 2.41. The van der Waals surface area contributed by atoms with E-state index in [0.29, 0.717) is 0 Å². The van der Waals surface area contributed by atoms with Crippen molar-refractivity contribution in [2.45, 2.75) is 45.1 Å². The topological polar surface area (TPSA) is 59.3 Å². The van der Waals surface area contributed by atoms with Crippen molar-refractivity contribution in [1.82, 2.24) is 0 Å². The quantitative estimate of drug-likeness (QED) is 0.673. The number of hydrogen-bond donors (Lipinski definition) is 0. The van der Waals surface area contributed by atoms with Crippen molar-refractivity contribution in [2.75, 3.05) is 6.61 Å². The van der Waals surface area contributed by atoms with E-state index in [1.807, 2.05) is 6.07 Å². The van der Waals surface area contributed by atoms with Gasteiger partial charge in [-0.25, -0.2) is 4.79 Å². The monoisotopic (exact) mass is 211 g/mol. The van der Waals surface area contributed by atoms with Gasteiger partial charge in [0, 0.05) is 5.92 Å². The van der Waals surface area contributed by atoms with Crippen LogP contribution in [0.25, 0.3) is 0 Å². The summed E-state index contributed by atoms with van der Waals surface area (Å²) in [5.74, 6) is 0.188. The molecule has 0 N–H and O–H groups in total. The van der Waals surface area contributed by atoms with Crippen LogP contribution in [0.1, 0.15) is 39.0 Å². The Labute approximate surface area is 90.2 Å². The molecule has 1 saturated carbocycles. The van der Waals surface area contributed by atoms with Gasteiger partial charge in [-0.3, -0.25) is 0 Å². The van der Waals surface area contributed by atoms with E-state index < -0.39 is 12.3 Å². The van der Waals surface area contributed by atoms with Crippen molar-refractivity contribution in [3.8, 4) is 6.07 Å². The van der Waals surface area contributed by atoms with Gasteiger partial charge < -0.3 is 9.47 Å². The first-order valence-corrected chi connectivity index (χ1v) is 5.51. The molecule has 1 aliphatic carbocycles. The van der Waals surface area contributed by atoms with E-state index in [2.05, 4.69) is 4.74 Å². The lowest BCUT2D eigenvalue weighted by molar-refractivity contribution is 0.0188. The van der Waals surface area contributed by atoms with E-state index in [-0.39, 0.29) is 12.5 Å². The highest BCUT2D eigenvalue weighted by atomic mass is 16.7. The number of carbonyl (C=O) groups is 1. The molecule has 0 aromatic rings. The number of rotatable bonds is 3. The molecule has 1 fully saturated rings. The number of nitrogens with zero attached hydrogens (tertiary/aromatic N) is 1. The highest BCUT2D eigenvalue weighted by Crippen LogP contribution is 2.27. The molecular weight excluding hydrogens is 194 g/mol. The van der Waals surface area contributed by atoms with Crippen molar-refractivity contribution in [3.05, 3.63) is 0 Å². The largest absolute Gasteiger partial charge is 0.509 e. The molecule has 84 valence electrons. The van der Waals surface area contributed by atoms with Crippen LogP contribution in [0.5, 0.6) is 0 Å². The lowest BCUT2D eigenvalue weighted by Crippen LogP contribution is -2.27. The molecule has 0 aromatic carbocycles. The molecule has 1 atom stereocenters. The Morgan fingerprint density at radius 1 is 1.47 bits per heavy atom. The van der Waals surface area contributed by atoms with Gasteiger partial charge in [0.1, 0.15) is 6.07 Å². The average molecular weight is 211 g/mol. The molecule has 1 rings (SSSR count). The molecular formula is C11H17NO3. The lowest BCUT2D eigenvalue weighted by Gasteiger charge is -2.24. The molecule has 0 spiro atoms. The van der Waals surface area contributed by atoms with Crippen LogP contribution in [0, 0.1) is 17.2 Å². The fourth-order valence-electron chi connectivity index (χ4n) is 1.92. The zero-order chi connectivity index (χ0) is 11.1. The maximum atomic E-state index is 11.1. The summed E-state index contributed by atoms with van der Waals surface area (Å²) in [6.07, 6.45) is 4.03. The molecule has 0 bridgehead atoms. The smallest absolute Gasteiger partial charge is 0.435 e. The number of carbonyl (C=O) groups excluding carboxylic acids is 1. The fraction of sp³-hybridized carbons (Fsp3) is 0.818. The van der Waals surface area contributed by atoms with Crippen LogP contribution in [-0.2, 0) is 9.47 Å². The zero-order valence-electron chi connectivity index (χ0n) is 9.07. The maximum Gasteiger partial charge on any atom is 0.509 e. The van der Waals surface area contributed by atoms with Crippen molar-refractivity contribution in [3.63, 3.8) is 0 Å². The molecule has 0 aromatic heterocycles. The molecule has 1 aliphatic rings. The predicted octanol–water partition coefficient (Wildman–Crippen LogP) is 2.63. The minimum absolute atomic E-state index is 0.188. The number of hydrogen-bond acceptors (Lipinski definition) is 4. The first-order valence-electron chi connectivity index (χ1n) is 5.51. The Hall–Kier alpha value is -1.24. The highest BCUT2D eigenvalue weighted by molar-refractivity contribution is 5.60. The molecule has 1 unspecified atom stereocenters. The Morgan fingerprint density at radius 2 is 2.13 bits per heavy atom. The Bertz CT molecular complexity index is 241. The van der Waals surface area contributed by atoms with Gasteiger partial charge in [-0.05, 0) is 19.8 Å². The van der Waals surface area contributed by atoms with Crippen LogP contribution in [-0.4, -0.2) is 18.9 Å². The van der Waals surface area contributed by atoms with E-state index >= 15 is 0 Å². The average Bonchev–Trinajstić information content (AvgIpc) is 2.27. The summed E-state index contributed by atoms with van der Waals surface area (Å²) in [5.41, 5.74) is 0. The molecule has 0 saturated heterocycles. The molecule has 0 amide bonds. The third kappa shape index (κ3) is 3.78. The molecule has 0 radical (unpaired) electrons. The fourth-order valence-corrected chi connectivity index (χ4v) is 1.92. The minimum Gasteiger partial charge on any atom is -0.435 e. The molecule has 4 nitrogen and oxygen atoms in total. The second-order valence-corrected chi connectivity index (χ2v) is 3.75. The summed E-state index contributed by atoms with van der Waals surface area (Å²) in [6.45, 7) is 1.99. The van der Waals surface area contributed by atoms with Gasteiger partial charge in [0.15, 0.2) is 6.10 Å². The van der Waals surface area contributed by atoms with Crippen LogP contribution in [0.4, 0.5) is 4.79 Å². The summed E-state index contributed by atoms with van der Waals surface area (Å²) in [7, 11) is 0. The molecule has 0 heterocycles. The van der Waals surface area contributed by atoms with E-state index in [1.54, 1.807) is 6.92 Å². The van der Waals surface area contributed by atoms with Crippen LogP contribution < -0.4 is 0 Å². The highest BCUT2D eigenvalue weighted by Gasteiger charge is 2.27. The van der Waals surface area contributed by atoms with Gasteiger partial charge in [-0.2, -0.15) is 5.26 Å². The number of ether oxygens (including phenoxy) is 2. The predicted molar refractivity (Wildman–Crippen MR) is 54.1 cm³/mol.